The van der Waals surface area contributed by atoms with Crippen LogP contribution >= 0.6 is 0 Å². The van der Waals surface area contributed by atoms with Gasteiger partial charge in [-0.3, -0.25) is 4.79 Å². The summed E-state index contributed by atoms with van der Waals surface area (Å²) in [6.45, 7) is 3.90. The van der Waals surface area contributed by atoms with Gasteiger partial charge in [-0.05, 0) is 12.1 Å². The number of benzene rings is 1. The third-order valence-electron chi connectivity index (χ3n) is 2.02. The molecule has 0 spiro atoms. The fraction of sp³-hybridized carbons (Fsp3) is 0.250. The number of nitrogens with one attached hydrogen (secondary N) is 1. The minimum atomic E-state index is -0.193. The first-order valence-electron chi connectivity index (χ1n) is 4.86. The first-order chi connectivity index (χ1) is 7.72. The van der Waals surface area contributed by atoms with Crippen LogP contribution < -0.4 is 14.8 Å². The molecule has 1 aromatic carbocycles. The van der Waals surface area contributed by atoms with E-state index >= 15 is 0 Å². The standard InChI is InChI=1S/C12H15NO3/c1-4-7-16-11-8-9(15-3)5-6-10(11)12(14)13-2/h4-6,8H,1,7H2,2-3H3,(H,13,14). The normalized spacial score (nSPS) is 9.38. The molecule has 1 rings (SSSR count). The summed E-state index contributed by atoms with van der Waals surface area (Å²) in [7, 11) is 3.13. The van der Waals surface area contributed by atoms with Crippen molar-refractivity contribution in [3.63, 3.8) is 0 Å². The lowest BCUT2D eigenvalue weighted by Crippen LogP contribution is -2.19. The molecule has 0 aliphatic rings. The predicted octanol–water partition coefficient (Wildman–Crippen LogP) is 1.62. The Kier molecular flexibility index (Phi) is 4.39. The third kappa shape index (κ3) is 2.76. The van der Waals surface area contributed by atoms with Gasteiger partial charge in [-0.25, -0.2) is 0 Å². The summed E-state index contributed by atoms with van der Waals surface area (Å²) in [5.41, 5.74) is 0.477. The Balaban J connectivity index is 3.05. The molecule has 0 aromatic heterocycles. The molecule has 0 heterocycles. The molecule has 0 aliphatic heterocycles. The van der Waals surface area contributed by atoms with Crippen molar-refractivity contribution in [3.05, 3.63) is 36.4 Å². The van der Waals surface area contributed by atoms with Gasteiger partial charge in [0.05, 0.1) is 12.7 Å². The second kappa shape index (κ2) is 5.80. The van der Waals surface area contributed by atoms with Crippen molar-refractivity contribution in [1.29, 1.82) is 0 Å². The second-order valence-corrected chi connectivity index (χ2v) is 3.04. The highest BCUT2D eigenvalue weighted by molar-refractivity contribution is 5.96. The second-order valence-electron chi connectivity index (χ2n) is 3.04. The molecule has 86 valence electrons. The molecule has 0 aliphatic carbocycles. The first kappa shape index (κ1) is 12.1. The maximum absolute atomic E-state index is 11.5. The van der Waals surface area contributed by atoms with E-state index in [9.17, 15) is 4.79 Å². The number of hydrogen-bond donors (Lipinski definition) is 1. The Morgan fingerprint density at radius 3 is 2.88 bits per heavy atom. The van der Waals surface area contributed by atoms with E-state index in [0.29, 0.717) is 23.7 Å². The Labute approximate surface area is 94.9 Å². The molecule has 16 heavy (non-hydrogen) atoms. The Hall–Kier alpha value is -1.97. The summed E-state index contributed by atoms with van der Waals surface area (Å²) in [6, 6.07) is 5.05. The van der Waals surface area contributed by atoms with E-state index in [-0.39, 0.29) is 5.91 Å². The van der Waals surface area contributed by atoms with Crippen molar-refractivity contribution in [2.45, 2.75) is 0 Å². The van der Waals surface area contributed by atoms with Crippen LogP contribution in [-0.2, 0) is 0 Å². The molecule has 0 saturated carbocycles. The maximum atomic E-state index is 11.5. The van der Waals surface area contributed by atoms with Crippen LogP contribution in [-0.4, -0.2) is 26.7 Å². The first-order valence-corrected chi connectivity index (χ1v) is 4.86. The molecule has 4 heteroatoms. The van der Waals surface area contributed by atoms with E-state index in [1.165, 1.54) is 0 Å². The number of amides is 1. The zero-order chi connectivity index (χ0) is 12.0. The van der Waals surface area contributed by atoms with Gasteiger partial charge in [-0.2, -0.15) is 0 Å². The summed E-state index contributed by atoms with van der Waals surface area (Å²) >= 11 is 0. The van der Waals surface area contributed by atoms with Gasteiger partial charge >= 0.3 is 0 Å². The van der Waals surface area contributed by atoms with Crippen LogP contribution in [0, 0.1) is 0 Å². The molecule has 0 atom stereocenters. The maximum Gasteiger partial charge on any atom is 0.254 e. The molecule has 1 aromatic rings. The van der Waals surface area contributed by atoms with Gasteiger partial charge in [-0.1, -0.05) is 12.7 Å². The fourth-order valence-corrected chi connectivity index (χ4v) is 1.22. The molecular formula is C12H15NO3. The Bertz CT molecular complexity index is 388. The van der Waals surface area contributed by atoms with E-state index in [0.717, 1.165) is 0 Å². The van der Waals surface area contributed by atoms with Crippen LogP contribution in [0.15, 0.2) is 30.9 Å². The largest absolute Gasteiger partial charge is 0.497 e. The van der Waals surface area contributed by atoms with Crippen molar-refractivity contribution in [2.24, 2.45) is 0 Å². The monoisotopic (exact) mass is 221 g/mol. The van der Waals surface area contributed by atoms with Crippen LogP contribution in [0.5, 0.6) is 11.5 Å². The smallest absolute Gasteiger partial charge is 0.254 e. The quantitative estimate of drug-likeness (QED) is 0.768. The SMILES string of the molecule is C=CCOc1cc(OC)ccc1C(=O)NC. The van der Waals surface area contributed by atoms with Crippen LogP contribution in [0.1, 0.15) is 10.4 Å². The molecule has 4 nitrogen and oxygen atoms in total. The van der Waals surface area contributed by atoms with E-state index in [2.05, 4.69) is 11.9 Å². The van der Waals surface area contributed by atoms with Crippen molar-refractivity contribution in [2.75, 3.05) is 20.8 Å². The number of carbonyl (C=O) groups is 1. The van der Waals surface area contributed by atoms with Gasteiger partial charge in [0.2, 0.25) is 0 Å². The summed E-state index contributed by atoms with van der Waals surface area (Å²) in [6.07, 6.45) is 1.62. The van der Waals surface area contributed by atoms with Crippen LogP contribution in [0.25, 0.3) is 0 Å². The number of methoxy groups -OCH3 is 1. The van der Waals surface area contributed by atoms with E-state index in [4.69, 9.17) is 9.47 Å². The van der Waals surface area contributed by atoms with Crippen LogP contribution in [0.4, 0.5) is 0 Å². The average molecular weight is 221 g/mol. The minimum Gasteiger partial charge on any atom is -0.497 e. The van der Waals surface area contributed by atoms with Crippen molar-refractivity contribution >= 4 is 5.91 Å². The molecular weight excluding hydrogens is 206 g/mol. The number of carbonyl (C=O) groups excluding carboxylic acids is 1. The molecule has 0 unspecified atom stereocenters. The van der Waals surface area contributed by atoms with Gasteiger partial charge < -0.3 is 14.8 Å². The molecule has 0 radical (unpaired) electrons. The topological polar surface area (TPSA) is 47.6 Å². The number of hydrogen-bond acceptors (Lipinski definition) is 3. The lowest BCUT2D eigenvalue weighted by atomic mass is 10.2. The summed E-state index contributed by atoms with van der Waals surface area (Å²) in [5.74, 6) is 0.937. The van der Waals surface area contributed by atoms with E-state index in [1.54, 1.807) is 38.4 Å². The molecule has 1 N–H and O–H groups in total. The van der Waals surface area contributed by atoms with E-state index in [1.807, 2.05) is 0 Å². The van der Waals surface area contributed by atoms with Gasteiger partial charge in [0.1, 0.15) is 18.1 Å². The minimum absolute atomic E-state index is 0.193. The Morgan fingerprint density at radius 2 is 2.31 bits per heavy atom. The molecule has 1 amide bonds. The van der Waals surface area contributed by atoms with Crippen molar-refractivity contribution < 1.29 is 14.3 Å². The molecule has 0 saturated heterocycles. The van der Waals surface area contributed by atoms with Gasteiger partial charge in [0.15, 0.2) is 0 Å². The summed E-state index contributed by atoms with van der Waals surface area (Å²) in [4.78, 5) is 11.5. The molecule has 0 bridgehead atoms. The van der Waals surface area contributed by atoms with E-state index < -0.39 is 0 Å². The predicted molar refractivity (Wildman–Crippen MR) is 62.1 cm³/mol. The number of rotatable bonds is 5. The lowest BCUT2D eigenvalue weighted by molar-refractivity contribution is 0.0959. The zero-order valence-electron chi connectivity index (χ0n) is 9.45. The summed E-state index contributed by atoms with van der Waals surface area (Å²) in [5, 5.41) is 2.55. The number of ether oxygens (including phenoxy) is 2. The van der Waals surface area contributed by atoms with Gasteiger partial charge in [0, 0.05) is 13.1 Å². The molecule has 0 fully saturated rings. The zero-order valence-corrected chi connectivity index (χ0v) is 9.45. The van der Waals surface area contributed by atoms with Crippen LogP contribution in [0.3, 0.4) is 0 Å². The highest BCUT2D eigenvalue weighted by atomic mass is 16.5. The van der Waals surface area contributed by atoms with Gasteiger partial charge in [-0.15, -0.1) is 0 Å². The highest BCUT2D eigenvalue weighted by Crippen LogP contribution is 2.24. The summed E-state index contributed by atoms with van der Waals surface area (Å²) < 4.78 is 10.5. The average Bonchev–Trinajstić information content (AvgIpc) is 2.34. The lowest BCUT2D eigenvalue weighted by Gasteiger charge is -2.10. The third-order valence-corrected chi connectivity index (χ3v) is 2.02. The Morgan fingerprint density at radius 1 is 1.56 bits per heavy atom. The highest BCUT2D eigenvalue weighted by Gasteiger charge is 2.11. The van der Waals surface area contributed by atoms with Gasteiger partial charge in [0.25, 0.3) is 5.91 Å². The van der Waals surface area contributed by atoms with Crippen LogP contribution in [0.2, 0.25) is 0 Å². The van der Waals surface area contributed by atoms with Crippen molar-refractivity contribution in [3.8, 4) is 11.5 Å². The fourth-order valence-electron chi connectivity index (χ4n) is 1.22. The van der Waals surface area contributed by atoms with Crippen molar-refractivity contribution in [1.82, 2.24) is 5.32 Å².